The van der Waals surface area contributed by atoms with Gasteiger partial charge in [0.25, 0.3) is 11.5 Å². The Kier molecular flexibility index (Phi) is 6.56. The van der Waals surface area contributed by atoms with Crippen LogP contribution in [0.3, 0.4) is 0 Å². The number of carbonyl (C=O) groups is 1. The van der Waals surface area contributed by atoms with Crippen LogP contribution < -0.4 is 20.3 Å². The fourth-order valence-electron chi connectivity index (χ4n) is 2.39. The van der Waals surface area contributed by atoms with Crippen LogP contribution in [-0.4, -0.2) is 36.5 Å². The summed E-state index contributed by atoms with van der Waals surface area (Å²) in [6, 6.07) is 8.45. The lowest BCUT2D eigenvalue weighted by Gasteiger charge is -2.10. The van der Waals surface area contributed by atoms with Crippen LogP contribution in [0, 0.1) is 0 Å². The van der Waals surface area contributed by atoms with Crippen molar-refractivity contribution in [1.82, 2.24) is 15.1 Å². The van der Waals surface area contributed by atoms with Crippen molar-refractivity contribution in [2.45, 2.75) is 26.3 Å². The maximum atomic E-state index is 12.2. The average Bonchev–Trinajstić information content (AvgIpc) is 2.63. The summed E-state index contributed by atoms with van der Waals surface area (Å²) < 4.78 is 11.8. The molecule has 7 nitrogen and oxygen atoms in total. The Morgan fingerprint density at radius 2 is 1.92 bits per heavy atom. The van der Waals surface area contributed by atoms with Gasteiger partial charge in [0.1, 0.15) is 5.69 Å². The second-order valence-corrected chi connectivity index (χ2v) is 5.48. The van der Waals surface area contributed by atoms with Gasteiger partial charge >= 0.3 is 0 Å². The highest BCUT2D eigenvalue weighted by molar-refractivity contribution is 5.91. The highest BCUT2D eigenvalue weighted by Gasteiger charge is 2.10. The second-order valence-electron chi connectivity index (χ2n) is 5.48. The number of nitrogens with zero attached hydrogens (tertiary/aromatic N) is 2. The van der Waals surface area contributed by atoms with Gasteiger partial charge in [0.2, 0.25) is 0 Å². The van der Waals surface area contributed by atoms with E-state index in [4.69, 9.17) is 9.47 Å². The zero-order valence-electron chi connectivity index (χ0n) is 14.7. The van der Waals surface area contributed by atoms with Crippen LogP contribution in [0.25, 0.3) is 0 Å². The van der Waals surface area contributed by atoms with E-state index in [9.17, 15) is 9.59 Å². The summed E-state index contributed by atoms with van der Waals surface area (Å²) in [6.07, 6.45) is 1.41. The zero-order chi connectivity index (χ0) is 18.2. The van der Waals surface area contributed by atoms with Gasteiger partial charge in [-0.15, -0.1) is 0 Å². The number of ether oxygens (including phenoxy) is 2. The molecule has 0 radical (unpaired) electrons. The summed E-state index contributed by atoms with van der Waals surface area (Å²) in [4.78, 5) is 23.8. The van der Waals surface area contributed by atoms with Crippen LogP contribution in [0.15, 0.2) is 35.1 Å². The van der Waals surface area contributed by atoms with E-state index in [2.05, 4.69) is 10.4 Å². The normalized spacial score (nSPS) is 10.4. The van der Waals surface area contributed by atoms with E-state index in [1.54, 1.807) is 14.2 Å². The highest BCUT2D eigenvalue weighted by Crippen LogP contribution is 2.27. The molecule has 0 unspecified atom stereocenters. The minimum absolute atomic E-state index is 0.205. The van der Waals surface area contributed by atoms with Crippen LogP contribution in [-0.2, 0) is 13.0 Å². The molecule has 0 spiro atoms. The molecule has 0 atom stereocenters. The van der Waals surface area contributed by atoms with E-state index in [0.717, 1.165) is 12.0 Å². The van der Waals surface area contributed by atoms with Crippen molar-refractivity contribution in [2.24, 2.45) is 0 Å². The Hall–Kier alpha value is -2.83. The molecule has 1 amide bonds. The Balaban J connectivity index is 1.96. The van der Waals surface area contributed by atoms with Crippen LogP contribution in [0.5, 0.6) is 11.5 Å². The number of aromatic nitrogens is 2. The lowest BCUT2D eigenvalue weighted by Crippen LogP contribution is -2.30. The Labute approximate surface area is 146 Å². The number of amides is 1. The molecule has 1 aromatic carbocycles. The first kappa shape index (κ1) is 18.5. The van der Waals surface area contributed by atoms with Gasteiger partial charge in [-0.05, 0) is 36.6 Å². The fourth-order valence-corrected chi connectivity index (χ4v) is 2.39. The molecule has 2 rings (SSSR count). The molecule has 1 heterocycles. The third-order valence-corrected chi connectivity index (χ3v) is 3.68. The molecule has 0 fully saturated rings. The van der Waals surface area contributed by atoms with Gasteiger partial charge < -0.3 is 14.8 Å². The number of hydrogen-bond acceptors (Lipinski definition) is 5. The number of methoxy groups -OCH3 is 2. The summed E-state index contributed by atoms with van der Waals surface area (Å²) in [5.41, 5.74) is 1.05. The topological polar surface area (TPSA) is 82.5 Å². The number of nitrogens with one attached hydrogen (secondary N) is 1. The number of rotatable bonds is 8. The van der Waals surface area contributed by atoms with Crippen LogP contribution >= 0.6 is 0 Å². The number of hydrogen-bond donors (Lipinski definition) is 1. The van der Waals surface area contributed by atoms with Crippen molar-refractivity contribution in [1.29, 1.82) is 0 Å². The van der Waals surface area contributed by atoms with Gasteiger partial charge in [-0.1, -0.05) is 13.0 Å². The first-order valence-corrected chi connectivity index (χ1v) is 8.16. The third-order valence-electron chi connectivity index (χ3n) is 3.68. The minimum Gasteiger partial charge on any atom is -0.493 e. The van der Waals surface area contributed by atoms with Crippen LogP contribution in [0.1, 0.15) is 29.4 Å². The van der Waals surface area contributed by atoms with Crippen LogP contribution in [0.2, 0.25) is 0 Å². The minimum atomic E-state index is -0.301. The van der Waals surface area contributed by atoms with Crippen LogP contribution in [0.4, 0.5) is 0 Å². The molecule has 0 aliphatic carbocycles. The molecule has 7 heteroatoms. The Bertz CT molecular complexity index is 786. The van der Waals surface area contributed by atoms with Crippen molar-refractivity contribution in [3.05, 3.63) is 51.9 Å². The third kappa shape index (κ3) is 4.82. The van der Waals surface area contributed by atoms with Crippen molar-refractivity contribution in [3.63, 3.8) is 0 Å². The molecular weight excluding hydrogens is 322 g/mol. The van der Waals surface area contributed by atoms with Gasteiger partial charge in [0.05, 0.1) is 14.2 Å². The lowest BCUT2D eigenvalue weighted by atomic mass is 10.1. The summed E-state index contributed by atoms with van der Waals surface area (Å²) in [7, 11) is 3.17. The lowest BCUT2D eigenvalue weighted by molar-refractivity contribution is 0.0946. The Morgan fingerprint density at radius 1 is 1.16 bits per heavy atom. The predicted molar refractivity (Wildman–Crippen MR) is 94.4 cm³/mol. The SMILES string of the molecule is CCCn1nc(C(=O)NCCc2ccc(OC)c(OC)c2)ccc1=O. The zero-order valence-corrected chi connectivity index (χ0v) is 14.7. The smallest absolute Gasteiger partial charge is 0.271 e. The van der Waals surface area contributed by atoms with Gasteiger partial charge in [-0.25, -0.2) is 4.68 Å². The van der Waals surface area contributed by atoms with E-state index >= 15 is 0 Å². The van der Waals surface area contributed by atoms with Gasteiger partial charge in [-0.2, -0.15) is 5.10 Å². The quantitative estimate of drug-likeness (QED) is 0.786. The molecule has 0 aliphatic heterocycles. The molecule has 2 aromatic rings. The highest BCUT2D eigenvalue weighted by atomic mass is 16.5. The predicted octanol–water partition coefficient (Wildman–Crippen LogP) is 1.64. The summed E-state index contributed by atoms with van der Waals surface area (Å²) in [5.74, 6) is 1.02. The van der Waals surface area contributed by atoms with Crippen molar-refractivity contribution >= 4 is 5.91 Å². The van der Waals surface area contributed by atoms with E-state index in [1.807, 2.05) is 25.1 Å². The summed E-state index contributed by atoms with van der Waals surface area (Å²) >= 11 is 0. The monoisotopic (exact) mass is 345 g/mol. The van der Waals surface area contributed by atoms with E-state index in [0.29, 0.717) is 31.0 Å². The molecule has 0 saturated carbocycles. The number of aryl methyl sites for hydroxylation is 1. The molecule has 1 N–H and O–H groups in total. The Morgan fingerprint density at radius 3 is 2.60 bits per heavy atom. The fraction of sp³-hybridized carbons (Fsp3) is 0.389. The van der Waals surface area contributed by atoms with Crippen molar-refractivity contribution in [3.8, 4) is 11.5 Å². The number of benzene rings is 1. The van der Waals surface area contributed by atoms with Gasteiger partial charge in [0, 0.05) is 19.2 Å². The summed E-state index contributed by atoms with van der Waals surface area (Å²) in [6.45, 7) is 2.89. The molecule has 25 heavy (non-hydrogen) atoms. The molecule has 134 valence electrons. The first-order valence-electron chi connectivity index (χ1n) is 8.16. The molecule has 1 aromatic heterocycles. The van der Waals surface area contributed by atoms with Crippen molar-refractivity contribution in [2.75, 3.05) is 20.8 Å². The van der Waals surface area contributed by atoms with Gasteiger partial charge in [0.15, 0.2) is 11.5 Å². The first-order chi connectivity index (χ1) is 12.1. The maximum Gasteiger partial charge on any atom is 0.271 e. The van der Waals surface area contributed by atoms with E-state index in [-0.39, 0.29) is 17.2 Å². The number of carbonyl (C=O) groups excluding carboxylic acids is 1. The largest absolute Gasteiger partial charge is 0.493 e. The second kappa shape index (κ2) is 8.86. The maximum absolute atomic E-state index is 12.2. The van der Waals surface area contributed by atoms with E-state index in [1.165, 1.54) is 16.8 Å². The standard InChI is InChI=1S/C18H23N3O4/c1-4-11-21-17(22)8-6-14(20-21)18(23)19-10-9-13-5-7-15(24-2)16(12-13)25-3/h5-8,12H,4,9-11H2,1-3H3,(H,19,23). The van der Waals surface area contributed by atoms with Crippen molar-refractivity contribution < 1.29 is 14.3 Å². The summed E-state index contributed by atoms with van der Waals surface area (Å²) in [5, 5.41) is 6.91. The molecule has 0 saturated heterocycles. The average molecular weight is 345 g/mol. The molecule has 0 bridgehead atoms. The molecular formula is C18H23N3O4. The van der Waals surface area contributed by atoms with E-state index < -0.39 is 0 Å². The molecule has 0 aliphatic rings. The van der Waals surface area contributed by atoms with Gasteiger partial charge in [-0.3, -0.25) is 9.59 Å².